The van der Waals surface area contributed by atoms with Crippen molar-refractivity contribution in [1.29, 1.82) is 0 Å². The van der Waals surface area contributed by atoms with E-state index in [0.717, 1.165) is 6.08 Å². The van der Waals surface area contributed by atoms with Gasteiger partial charge in [0.25, 0.3) is 0 Å². The molecule has 0 aliphatic heterocycles. The zero-order valence-corrected chi connectivity index (χ0v) is 9.97. The van der Waals surface area contributed by atoms with Gasteiger partial charge >= 0.3 is 5.97 Å². The molecule has 0 bridgehead atoms. The quantitative estimate of drug-likeness (QED) is 0.668. The number of carbonyl (C=O) groups is 1. The zero-order chi connectivity index (χ0) is 10.7. The van der Waals surface area contributed by atoms with Crippen molar-refractivity contribution in [3.05, 3.63) is 38.5 Å². The summed E-state index contributed by atoms with van der Waals surface area (Å²) in [5, 5.41) is 8.36. The Bertz CT molecular complexity index is 402. The molecule has 0 spiro atoms. The lowest BCUT2D eigenvalue weighted by atomic mass is 10.2. The average Bonchev–Trinajstić information content (AvgIpc) is 2.13. The minimum atomic E-state index is -1.11. The average molecular weight is 324 g/mol. The fourth-order valence-corrected chi connectivity index (χ4v) is 1.50. The molecule has 1 rings (SSSR count). The first kappa shape index (κ1) is 11.4. The smallest absolute Gasteiger partial charge is 0.328 e. The maximum atomic E-state index is 13.4. The van der Waals surface area contributed by atoms with Crippen LogP contribution in [0.5, 0.6) is 0 Å². The van der Waals surface area contributed by atoms with Crippen LogP contribution in [0.1, 0.15) is 5.56 Å². The Labute approximate surface area is 96.7 Å². The van der Waals surface area contributed by atoms with Gasteiger partial charge in [0, 0.05) is 16.1 Å². The number of benzene rings is 1. The molecule has 0 saturated carbocycles. The van der Waals surface area contributed by atoms with E-state index in [0.29, 0.717) is 4.47 Å². The van der Waals surface area contributed by atoms with Gasteiger partial charge in [0.2, 0.25) is 0 Å². The molecule has 74 valence electrons. The molecule has 0 atom stereocenters. The fourth-order valence-electron chi connectivity index (χ4n) is 0.831. The monoisotopic (exact) mass is 322 g/mol. The molecule has 1 aromatic rings. The molecule has 0 heterocycles. The second kappa shape index (κ2) is 4.70. The Morgan fingerprint density at radius 1 is 1.43 bits per heavy atom. The van der Waals surface area contributed by atoms with Crippen molar-refractivity contribution in [2.75, 3.05) is 0 Å². The first-order valence-electron chi connectivity index (χ1n) is 3.57. The zero-order valence-electron chi connectivity index (χ0n) is 6.80. The van der Waals surface area contributed by atoms with Gasteiger partial charge in [0.1, 0.15) is 5.82 Å². The maximum absolute atomic E-state index is 13.4. The predicted octanol–water partition coefficient (Wildman–Crippen LogP) is 3.45. The van der Waals surface area contributed by atoms with E-state index in [4.69, 9.17) is 5.11 Å². The number of carboxylic acid groups (broad SMARTS) is 1. The van der Waals surface area contributed by atoms with E-state index in [2.05, 4.69) is 31.9 Å². The maximum Gasteiger partial charge on any atom is 0.328 e. The Kier molecular flexibility index (Phi) is 3.83. The Hall–Kier alpha value is -0.680. The first-order valence-corrected chi connectivity index (χ1v) is 5.15. The van der Waals surface area contributed by atoms with Gasteiger partial charge in [-0.2, -0.15) is 0 Å². The van der Waals surface area contributed by atoms with E-state index in [1.165, 1.54) is 12.1 Å². The van der Waals surface area contributed by atoms with Gasteiger partial charge in [0.05, 0.1) is 4.47 Å². The van der Waals surface area contributed by atoms with E-state index < -0.39 is 11.8 Å². The van der Waals surface area contributed by atoms with Crippen molar-refractivity contribution >= 4 is 43.9 Å². The van der Waals surface area contributed by atoms with Gasteiger partial charge in [-0.05, 0) is 44.0 Å². The summed E-state index contributed by atoms with van der Waals surface area (Å²) in [4.78, 5) is 10.2. The SMILES string of the molecule is O=C(O)C=Cc1ccc(Br)c(Br)c1F. The summed E-state index contributed by atoms with van der Waals surface area (Å²) in [6.45, 7) is 0. The molecule has 0 fully saturated rings. The molecule has 1 N–H and O–H groups in total. The summed E-state index contributed by atoms with van der Waals surface area (Å²) >= 11 is 6.17. The highest BCUT2D eigenvalue weighted by atomic mass is 79.9. The van der Waals surface area contributed by atoms with Crippen LogP contribution >= 0.6 is 31.9 Å². The molecule has 0 aromatic heterocycles. The Morgan fingerprint density at radius 3 is 2.64 bits per heavy atom. The van der Waals surface area contributed by atoms with Crippen LogP contribution < -0.4 is 0 Å². The van der Waals surface area contributed by atoms with Crippen LogP contribution in [0.3, 0.4) is 0 Å². The van der Waals surface area contributed by atoms with Crippen LogP contribution in [0.15, 0.2) is 27.2 Å². The number of hydrogen-bond donors (Lipinski definition) is 1. The molecule has 14 heavy (non-hydrogen) atoms. The van der Waals surface area contributed by atoms with Gasteiger partial charge in [-0.3, -0.25) is 0 Å². The predicted molar refractivity (Wildman–Crippen MR) is 58.5 cm³/mol. The van der Waals surface area contributed by atoms with Crippen LogP contribution in [0.4, 0.5) is 4.39 Å². The third-order valence-corrected chi connectivity index (χ3v) is 3.44. The molecule has 0 aliphatic carbocycles. The molecule has 0 aliphatic rings. The third kappa shape index (κ3) is 2.65. The molecule has 0 amide bonds. The van der Waals surface area contributed by atoms with Crippen molar-refractivity contribution in [3.8, 4) is 0 Å². The largest absolute Gasteiger partial charge is 0.478 e. The molecule has 5 heteroatoms. The van der Waals surface area contributed by atoms with Crippen molar-refractivity contribution < 1.29 is 14.3 Å². The number of carboxylic acids is 1. The van der Waals surface area contributed by atoms with Crippen LogP contribution in [0.25, 0.3) is 6.08 Å². The lowest BCUT2D eigenvalue weighted by molar-refractivity contribution is -0.131. The second-order valence-electron chi connectivity index (χ2n) is 2.44. The van der Waals surface area contributed by atoms with Crippen molar-refractivity contribution in [2.24, 2.45) is 0 Å². The summed E-state index contributed by atoms with van der Waals surface area (Å²) in [5.41, 5.74) is 0.225. The van der Waals surface area contributed by atoms with Crippen LogP contribution in [0.2, 0.25) is 0 Å². The van der Waals surface area contributed by atoms with Crippen LogP contribution in [-0.4, -0.2) is 11.1 Å². The second-order valence-corrected chi connectivity index (χ2v) is 4.08. The minimum absolute atomic E-state index is 0.225. The van der Waals surface area contributed by atoms with Crippen LogP contribution in [0, 0.1) is 5.82 Å². The number of hydrogen-bond acceptors (Lipinski definition) is 1. The van der Waals surface area contributed by atoms with Crippen molar-refractivity contribution in [3.63, 3.8) is 0 Å². The number of halogens is 3. The van der Waals surface area contributed by atoms with E-state index >= 15 is 0 Å². The first-order chi connectivity index (χ1) is 6.52. The highest BCUT2D eigenvalue weighted by Crippen LogP contribution is 2.28. The number of aliphatic carboxylic acids is 1. The highest BCUT2D eigenvalue weighted by Gasteiger charge is 2.07. The lowest BCUT2D eigenvalue weighted by Gasteiger charge is -2.01. The van der Waals surface area contributed by atoms with Gasteiger partial charge in [-0.15, -0.1) is 0 Å². The third-order valence-electron chi connectivity index (χ3n) is 1.47. The topological polar surface area (TPSA) is 37.3 Å². The molecular formula is C9H5Br2FO2. The normalized spacial score (nSPS) is 10.8. The van der Waals surface area contributed by atoms with E-state index in [-0.39, 0.29) is 10.0 Å². The van der Waals surface area contributed by atoms with Crippen LogP contribution in [-0.2, 0) is 4.79 Å². The lowest BCUT2D eigenvalue weighted by Crippen LogP contribution is -1.89. The van der Waals surface area contributed by atoms with E-state index in [9.17, 15) is 9.18 Å². The standard InChI is InChI=1S/C9H5Br2FO2/c10-6-3-1-5(2-4-7(13)14)9(12)8(6)11/h1-4H,(H,13,14). The molecule has 0 radical (unpaired) electrons. The van der Waals surface area contributed by atoms with Crippen molar-refractivity contribution in [2.45, 2.75) is 0 Å². The fraction of sp³-hybridized carbons (Fsp3) is 0. The van der Waals surface area contributed by atoms with Gasteiger partial charge in [0.15, 0.2) is 0 Å². The molecule has 0 unspecified atom stereocenters. The summed E-state index contributed by atoms with van der Waals surface area (Å²) in [5.74, 6) is -1.60. The highest BCUT2D eigenvalue weighted by molar-refractivity contribution is 9.13. The Morgan fingerprint density at radius 2 is 2.07 bits per heavy atom. The summed E-state index contributed by atoms with van der Waals surface area (Å²) in [6, 6.07) is 3.12. The van der Waals surface area contributed by atoms with Gasteiger partial charge in [-0.25, -0.2) is 9.18 Å². The van der Waals surface area contributed by atoms with E-state index in [1.807, 2.05) is 0 Å². The van der Waals surface area contributed by atoms with Gasteiger partial charge in [-0.1, -0.05) is 6.07 Å². The summed E-state index contributed by atoms with van der Waals surface area (Å²) < 4.78 is 14.3. The van der Waals surface area contributed by atoms with Crippen molar-refractivity contribution in [1.82, 2.24) is 0 Å². The Balaban J connectivity index is 3.12. The minimum Gasteiger partial charge on any atom is -0.478 e. The molecule has 0 saturated heterocycles. The van der Waals surface area contributed by atoms with Gasteiger partial charge < -0.3 is 5.11 Å². The number of rotatable bonds is 2. The van der Waals surface area contributed by atoms with E-state index in [1.54, 1.807) is 6.07 Å². The summed E-state index contributed by atoms with van der Waals surface area (Å²) in [7, 11) is 0. The summed E-state index contributed by atoms with van der Waals surface area (Å²) in [6.07, 6.45) is 2.09. The molecular weight excluding hydrogens is 319 g/mol. The molecule has 1 aromatic carbocycles. The molecule has 2 nitrogen and oxygen atoms in total.